The topological polar surface area (TPSA) is 23.8 Å². The Morgan fingerprint density at radius 3 is 2.57 bits per heavy atom. The van der Waals surface area contributed by atoms with Gasteiger partial charge < -0.3 is 0 Å². The minimum atomic E-state index is 0.121. The van der Waals surface area contributed by atoms with Crippen LogP contribution in [0.1, 0.15) is 18.4 Å². The van der Waals surface area contributed by atoms with Crippen molar-refractivity contribution < 1.29 is 0 Å². The molecular weight excluding hydrogens is 170 g/mol. The Morgan fingerprint density at radius 1 is 1.29 bits per heavy atom. The van der Waals surface area contributed by atoms with E-state index in [2.05, 4.69) is 18.2 Å². The van der Waals surface area contributed by atoms with Gasteiger partial charge in [-0.2, -0.15) is 5.26 Å². The third-order valence-electron chi connectivity index (χ3n) is 2.57. The Hall–Kier alpha value is -1.55. The Bertz CT molecular complexity index is 355. The largest absolute Gasteiger partial charge is 0.198 e. The summed E-state index contributed by atoms with van der Waals surface area (Å²) in [5.74, 6) is 0.746. The zero-order valence-corrected chi connectivity index (χ0v) is 8.06. The summed E-state index contributed by atoms with van der Waals surface area (Å²) in [6, 6.07) is 12.5. The van der Waals surface area contributed by atoms with Gasteiger partial charge in [-0.15, -0.1) is 0 Å². The number of nitriles is 1. The predicted octanol–water partition coefficient (Wildman–Crippen LogP) is 3.25. The molecule has 1 saturated carbocycles. The van der Waals surface area contributed by atoms with Crippen molar-refractivity contribution in [2.75, 3.05) is 0 Å². The minimum Gasteiger partial charge on any atom is -0.198 e. The Labute approximate surface area is 84.7 Å². The molecule has 1 aliphatic rings. The molecule has 1 aromatic rings. The Balaban J connectivity index is 2.02. The lowest BCUT2D eigenvalue weighted by Gasteiger charge is -1.98. The van der Waals surface area contributed by atoms with E-state index in [1.807, 2.05) is 30.4 Å². The number of allylic oxidation sites excluding steroid dienone is 1. The molecule has 0 aliphatic heterocycles. The van der Waals surface area contributed by atoms with Crippen LogP contribution in [-0.4, -0.2) is 0 Å². The minimum absolute atomic E-state index is 0.121. The summed E-state index contributed by atoms with van der Waals surface area (Å²) >= 11 is 0. The normalized spacial score (nSPS) is 17.9. The first-order valence-corrected chi connectivity index (χ1v) is 5.03. The molecule has 1 atom stereocenters. The van der Waals surface area contributed by atoms with E-state index in [-0.39, 0.29) is 5.92 Å². The second kappa shape index (κ2) is 4.11. The zero-order valence-electron chi connectivity index (χ0n) is 8.06. The van der Waals surface area contributed by atoms with Gasteiger partial charge >= 0.3 is 0 Å². The molecule has 1 aromatic carbocycles. The van der Waals surface area contributed by atoms with Gasteiger partial charge in [-0.25, -0.2) is 0 Å². The maximum Gasteiger partial charge on any atom is 0.0700 e. The fraction of sp³-hybridized carbons (Fsp3) is 0.308. The van der Waals surface area contributed by atoms with Crippen LogP contribution in [0.2, 0.25) is 0 Å². The molecule has 1 fully saturated rings. The molecule has 0 bridgehead atoms. The van der Waals surface area contributed by atoms with Gasteiger partial charge in [0.1, 0.15) is 0 Å². The van der Waals surface area contributed by atoms with Crippen molar-refractivity contribution >= 4 is 6.08 Å². The molecule has 0 amide bonds. The molecule has 1 heteroatoms. The third-order valence-corrected chi connectivity index (χ3v) is 2.57. The SMILES string of the molecule is N#CC(/C=C/c1ccccc1)C1CC1. The lowest BCUT2D eigenvalue weighted by atomic mass is 10.0. The number of benzene rings is 1. The van der Waals surface area contributed by atoms with Crippen molar-refractivity contribution in [1.82, 2.24) is 0 Å². The van der Waals surface area contributed by atoms with Gasteiger partial charge in [-0.1, -0.05) is 42.5 Å². The van der Waals surface area contributed by atoms with Crippen LogP contribution in [0.4, 0.5) is 0 Å². The maximum absolute atomic E-state index is 8.91. The van der Waals surface area contributed by atoms with Crippen LogP contribution in [0.15, 0.2) is 36.4 Å². The summed E-state index contributed by atoms with van der Waals surface area (Å²) in [6.07, 6.45) is 6.52. The molecule has 0 heterocycles. The van der Waals surface area contributed by atoms with Crippen molar-refractivity contribution in [3.63, 3.8) is 0 Å². The van der Waals surface area contributed by atoms with Crippen molar-refractivity contribution in [2.24, 2.45) is 11.8 Å². The molecule has 2 rings (SSSR count). The number of hydrogen-bond acceptors (Lipinski definition) is 1. The highest BCUT2D eigenvalue weighted by Crippen LogP contribution is 2.37. The maximum atomic E-state index is 8.91. The monoisotopic (exact) mass is 183 g/mol. The van der Waals surface area contributed by atoms with E-state index in [0.29, 0.717) is 5.92 Å². The van der Waals surface area contributed by atoms with Crippen LogP contribution in [-0.2, 0) is 0 Å². The van der Waals surface area contributed by atoms with Crippen molar-refractivity contribution in [2.45, 2.75) is 12.8 Å². The predicted molar refractivity (Wildman–Crippen MR) is 57.3 cm³/mol. The average molecular weight is 183 g/mol. The van der Waals surface area contributed by atoms with Crippen LogP contribution in [0.3, 0.4) is 0 Å². The van der Waals surface area contributed by atoms with E-state index in [1.165, 1.54) is 18.4 Å². The molecule has 1 unspecified atom stereocenters. The highest BCUT2D eigenvalue weighted by atomic mass is 14.4. The highest BCUT2D eigenvalue weighted by Gasteiger charge is 2.29. The van der Waals surface area contributed by atoms with Crippen molar-refractivity contribution in [3.8, 4) is 6.07 Å². The van der Waals surface area contributed by atoms with Crippen molar-refractivity contribution in [1.29, 1.82) is 5.26 Å². The van der Waals surface area contributed by atoms with Gasteiger partial charge in [0, 0.05) is 0 Å². The van der Waals surface area contributed by atoms with E-state index in [9.17, 15) is 0 Å². The van der Waals surface area contributed by atoms with Gasteiger partial charge in [0.25, 0.3) is 0 Å². The second-order valence-electron chi connectivity index (χ2n) is 3.76. The summed E-state index contributed by atoms with van der Waals surface area (Å²) in [4.78, 5) is 0. The summed E-state index contributed by atoms with van der Waals surface area (Å²) in [5.41, 5.74) is 1.17. The number of rotatable bonds is 3. The fourth-order valence-electron chi connectivity index (χ4n) is 1.54. The summed E-state index contributed by atoms with van der Waals surface area (Å²) in [7, 11) is 0. The second-order valence-corrected chi connectivity index (χ2v) is 3.76. The third kappa shape index (κ3) is 2.23. The van der Waals surface area contributed by atoms with Crippen LogP contribution in [0.25, 0.3) is 6.08 Å². The van der Waals surface area contributed by atoms with E-state index in [1.54, 1.807) is 0 Å². The van der Waals surface area contributed by atoms with Gasteiger partial charge in [-0.05, 0) is 24.3 Å². The van der Waals surface area contributed by atoms with Gasteiger partial charge in [-0.3, -0.25) is 0 Å². The van der Waals surface area contributed by atoms with Crippen molar-refractivity contribution in [3.05, 3.63) is 42.0 Å². The molecule has 1 aliphatic carbocycles. The lowest BCUT2D eigenvalue weighted by Crippen LogP contribution is -1.93. The van der Waals surface area contributed by atoms with Crippen LogP contribution in [0, 0.1) is 23.2 Å². The number of hydrogen-bond donors (Lipinski definition) is 0. The molecule has 0 N–H and O–H groups in total. The van der Waals surface area contributed by atoms with Crippen LogP contribution < -0.4 is 0 Å². The summed E-state index contributed by atoms with van der Waals surface area (Å²) in [5, 5.41) is 8.91. The lowest BCUT2D eigenvalue weighted by molar-refractivity contribution is 0.711. The molecule has 0 saturated heterocycles. The summed E-state index contributed by atoms with van der Waals surface area (Å²) < 4.78 is 0. The van der Waals surface area contributed by atoms with Crippen LogP contribution in [0.5, 0.6) is 0 Å². The van der Waals surface area contributed by atoms with E-state index in [0.717, 1.165) is 0 Å². The molecule has 70 valence electrons. The zero-order chi connectivity index (χ0) is 9.80. The highest BCUT2D eigenvalue weighted by molar-refractivity contribution is 5.49. The van der Waals surface area contributed by atoms with E-state index in [4.69, 9.17) is 5.26 Å². The standard InChI is InChI=1S/C13H13N/c14-10-13(12-8-9-12)7-6-11-4-2-1-3-5-11/h1-7,12-13H,8-9H2/b7-6+. The Kier molecular flexibility index (Phi) is 2.65. The molecule has 0 aromatic heterocycles. The molecule has 0 radical (unpaired) electrons. The quantitative estimate of drug-likeness (QED) is 0.705. The molecule has 1 nitrogen and oxygen atoms in total. The van der Waals surface area contributed by atoms with Crippen LogP contribution >= 0.6 is 0 Å². The summed E-state index contributed by atoms with van der Waals surface area (Å²) in [6.45, 7) is 0. The first kappa shape index (κ1) is 9.02. The smallest absolute Gasteiger partial charge is 0.0700 e. The van der Waals surface area contributed by atoms with E-state index >= 15 is 0 Å². The fourth-order valence-corrected chi connectivity index (χ4v) is 1.54. The Morgan fingerprint density at radius 2 is 2.00 bits per heavy atom. The molecular formula is C13H13N. The average Bonchev–Trinajstić information content (AvgIpc) is 3.05. The number of nitrogens with zero attached hydrogens (tertiary/aromatic N) is 1. The first-order valence-electron chi connectivity index (χ1n) is 5.03. The van der Waals surface area contributed by atoms with Gasteiger partial charge in [0.05, 0.1) is 12.0 Å². The van der Waals surface area contributed by atoms with Gasteiger partial charge in [0.15, 0.2) is 0 Å². The van der Waals surface area contributed by atoms with Gasteiger partial charge in [0.2, 0.25) is 0 Å². The van der Waals surface area contributed by atoms with E-state index < -0.39 is 0 Å². The molecule has 14 heavy (non-hydrogen) atoms. The first-order chi connectivity index (χ1) is 6.90. The molecule has 0 spiro atoms.